The lowest BCUT2D eigenvalue weighted by atomic mass is 9.86. The molecule has 1 aromatic heterocycles. The summed E-state index contributed by atoms with van der Waals surface area (Å²) in [4.78, 5) is 15.8. The third kappa shape index (κ3) is 1.95. The first-order valence-corrected chi connectivity index (χ1v) is 5.85. The Kier molecular flexibility index (Phi) is 2.74. The molecule has 0 N–H and O–H groups in total. The van der Waals surface area contributed by atoms with Crippen LogP contribution in [-0.2, 0) is 12.5 Å². The Morgan fingerprint density at radius 1 is 1.29 bits per heavy atom. The standard InChI is InChI=1S/C13H15ClN2O/c1-13(2,3)11-8(14)5-6-9-12(11)16(4)10(17)7-15-9/h5-7H,1-4H3. The Hall–Kier alpha value is -1.35. The van der Waals surface area contributed by atoms with Gasteiger partial charge in [-0.25, -0.2) is 4.98 Å². The Bertz CT molecular complexity index is 638. The molecule has 0 saturated heterocycles. The number of nitrogens with zero attached hydrogens (tertiary/aromatic N) is 2. The highest BCUT2D eigenvalue weighted by molar-refractivity contribution is 6.32. The lowest BCUT2D eigenvalue weighted by Gasteiger charge is -2.23. The summed E-state index contributed by atoms with van der Waals surface area (Å²) in [7, 11) is 1.75. The molecule has 0 saturated carbocycles. The van der Waals surface area contributed by atoms with Crippen LogP contribution >= 0.6 is 11.6 Å². The molecule has 0 radical (unpaired) electrons. The van der Waals surface area contributed by atoms with Crippen LogP contribution in [0.25, 0.3) is 11.0 Å². The van der Waals surface area contributed by atoms with Gasteiger partial charge in [0.25, 0.3) is 5.56 Å². The minimum Gasteiger partial charge on any atom is -0.308 e. The molecule has 0 atom stereocenters. The maximum atomic E-state index is 11.7. The molecule has 2 aromatic rings. The maximum Gasteiger partial charge on any atom is 0.269 e. The molecule has 3 nitrogen and oxygen atoms in total. The van der Waals surface area contributed by atoms with Crippen LogP contribution in [0.15, 0.2) is 23.1 Å². The fourth-order valence-corrected chi connectivity index (χ4v) is 2.47. The molecule has 90 valence electrons. The fourth-order valence-electron chi connectivity index (χ4n) is 2.03. The number of hydrogen-bond acceptors (Lipinski definition) is 2. The Balaban J connectivity index is 3.04. The Labute approximate surface area is 105 Å². The molecule has 2 rings (SSSR count). The van der Waals surface area contributed by atoms with E-state index in [0.717, 1.165) is 16.6 Å². The molecule has 0 spiro atoms. The second-order valence-electron chi connectivity index (χ2n) is 5.20. The highest BCUT2D eigenvalue weighted by atomic mass is 35.5. The van der Waals surface area contributed by atoms with Gasteiger partial charge < -0.3 is 4.57 Å². The van der Waals surface area contributed by atoms with Crippen molar-refractivity contribution in [3.05, 3.63) is 39.3 Å². The first kappa shape index (κ1) is 12.1. The second kappa shape index (κ2) is 3.84. The summed E-state index contributed by atoms with van der Waals surface area (Å²) < 4.78 is 1.61. The molecule has 0 aliphatic rings. The third-order valence-corrected chi connectivity index (χ3v) is 3.15. The molecule has 0 fully saturated rings. The quantitative estimate of drug-likeness (QED) is 0.721. The number of halogens is 1. The number of fused-ring (bicyclic) bond motifs is 1. The van der Waals surface area contributed by atoms with E-state index in [4.69, 9.17) is 11.6 Å². The summed E-state index contributed by atoms with van der Waals surface area (Å²) in [6, 6.07) is 3.67. The van der Waals surface area contributed by atoms with Gasteiger partial charge in [-0.05, 0) is 17.5 Å². The number of hydrogen-bond donors (Lipinski definition) is 0. The van der Waals surface area contributed by atoms with Gasteiger partial charge >= 0.3 is 0 Å². The molecule has 0 unspecified atom stereocenters. The van der Waals surface area contributed by atoms with Crippen molar-refractivity contribution in [1.29, 1.82) is 0 Å². The average Bonchev–Trinajstić information content (AvgIpc) is 2.22. The molecule has 1 aromatic carbocycles. The van der Waals surface area contributed by atoms with Gasteiger partial charge in [-0.2, -0.15) is 0 Å². The number of rotatable bonds is 0. The van der Waals surface area contributed by atoms with Crippen molar-refractivity contribution in [2.24, 2.45) is 7.05 Å². The minimum absolute atomic E-state index is 0.120. The van der Waals surface area contributed by atoms with Gasteiger partial charge in [-0.15, -0.1) is 0 Å². The zero-order chi connectivity index (χ0) is 12.8. The first-order valence-electron chi connectivity index (χ1n) is 5.47. The van der Waals surface area contributed by atoms with E-state index in [1.54, 1.807) is 11.6 Å². The van der Waals surface area contributed by atoms with Crippen LogP contribution in [0, 0.1) is 0 Å². The summed E-state index contributed by atoms with van der Waals surface area (Å²) in [5.41, 5.74) is 2.32. The van der Waals surface area contributed by atoms with E-state index in [1.165, 1.54) is 6.20 Å². The van der Waals surface area contributed by atoms with Crippen molar-refractivity contribution >= 4 is 22.6 Å². The summed E-state index contributed by atoms with van der Waals surface area (Å²) in [6.45, 7) is 6.22. The minimum atomic E-state index is -0.135. The lowest BCUT2D eigenvalue weighted by molar-refractivity contribution is 0.591. The molecule has 0 amide bonds. The molecular formula is C13H15ClN2O. The van der Waals surface area contributed by atoms with E-state index >= 15 is 0 Å². The van der Waals surface area contributed by atoms with Crippen molar-refractivity contribution in [3.8, 4) is 0 Å². The van der Waals surface area contributed by atoms with Crippen LogP contribution in [0.3, 0.4) is 0 Å². The molecule has 17 heavy (non-hydrogen) atoms. The second-order valence-corrected chi connectivity index (χ2v) is 5.60. The van der Waals surface area contributed by atoms with Crippen LogP contribution < -0.4 is 5.56 Å². The molecule has 0 bridgehead atoms. The normalized spacial score (nSPS) is 12.1. The topological polar surface area (TPSA) is 34.9 Å². The molecule has 0 aliphatic carbocycles. The van der Waals surface area contributed by atoms with Crippen LogP contribution in [0.5, 0.6) is 0 Å². The van der Waals surface area contributed by atoms with Gasteiger partial charge in [0, 0.05) is 17.6 Å². The number of benzene rings is 1. The summed E-state index contributed by atoms with van der Waals surface area (Å²) in [6.07, 6.45) is 1.34. The molecule has 1 heterocycles. The average molecular weight is 251 g/mol. The van der Waals surface area contributed by atoms with Crippen molar-refractivity contribution in [2.45, 2.75) is 26.2 Å². The number of aromatic nitrogens is 2. The van der Waals surface area contributed by atoms with Gasteiger partial charge in [0.2, 0.25) is 0 Å². The highest BCUT2D eigenvalue weighted by Crippen LogP contribution is 2.34. The van der Waals surface area contributed by atoms with Crippen LogP contribution in [-0.4, -0.2) is 9.55 Å². The predicted molar refractivity (Wildman–Crippen MR) is 70.7 cm³/mol. The van der Waals surface area contributed by atoms with Gasteiger partial charge in [-0.3, -0.25) is 4.79 Å². The van der Waals surface area contributed by atoms with Crippen LogP contribution in [0.2, 0.25) is 5.02 Å². The van der Waals surface area contributed by atoms with E-state index in [0.29, 0.717) is 5.02 Å². The van der Waals surface area contributed by atoms with E-state index < -0.39 is 0 Å². The summed E-state index contributed by atoms with van der Waals surface area (Å²) in [5.74, 6) is 0. The highest BCUT2D eigenvalue weighted by Gasteiger charge is 2.22. The van der Waals surface area contributed by atoms with Crippen molar-refractivity contribution < 1.29 is 0 Å². The van der Waals surface area contributed by atoms with Crippen molar-refractivity contribution in [2.75, 3.05) is 0 Å². The largest absolute Gasteiger partial charge is 0.308 e. The molecule has 0 aliphatic heterocycles. The van der Waals surface area contributed by atoms with E-state index in [9.17, 15) is 4.79 Å². The zero-order valence-corrected chi connectivity index (χ0v) is 11.2. The van der Waals surface area contributed by atoms with Gasteiger partial charge in [-0.1, -0.05) is 32.4 Å². The van der Waals surface area contributed by atoms with Crippen LogP contribution in [0.4, 0.5) is 0 Å². The van der Waals surface area contributed by atoms with Gasteiger partial charge in [0.1, 0.15) is 0 Å². The Morgan fingerprint density at radius 3 is 2.53 bits per heavy atom. The lowest BCUT2D eigenvalue weighted by Crippen LogP contribution is -2.22. The zero-order valence-electron chi connectivity index (χ0n) is 10.4. The summed E-state index contributed by atoms with van der Waals surface area (Å²) >= 11 is 6.27. The van der Waals surface area contributed by atoms with Crippen LogP contribution in [0.1, 0.15) is 26.3 Å². The third-order valence-electron chi connectivity index (χ3n) is 2.84. The van der Waals surface area contributed by atoms with Gasteiger partial charge in [0.15, 0.2) is 0 Å². The number of aryl methyl sites for hydroxylation is 1. The van der Waals surface area contributed by atoms with E-state index in [2.05, 4.69) is 25.8 Å². The van der Waals surface area contributed by atoms with Crippen molar-refractivity contribution in [3.63, 3.8) is 0 Å². The predicted octanol–water partition coefficient (Wildman–Crippen LogP) is 2.88. The Morgan fingerprint density at radius 2 is 1.94 bits per heavy atom. The van der Waals surface area contributed by atoms with Crippen molar-refractivity contribution in [1.82, 2.24) is 9.55 Å². The fraction of sp³-hybridized carbons (Fsp3) is 0.385. The first-order chi connectivity index (χ1) is 7.82. The monoisotopic (exact) mass is 250 g/mol. The SMILES string of the molecule is Cn1c(=O)cnc2ccc(Cl)c(C(C)(C)C)c21. The van der Waals surface area contributed by atoms with E-state index in [-0.39, 0.29) is 11.0 Å². The molecule has 4 heteroatoms. The summed E-state index contributed by atoms with van der Waals surface area (Å²) in [5, 5.41) is 0.674. The molecular weight excluding hydrogens is 236 g/mol. The van der Waals surface area contributed by atoms with E-state index in [1.807, 2.05) is 12.1 Å². The maximum absolute atomic E-state index is 11.7. The van der Waals surface area contributed by atoms with Gasteiger partial charge in [0.05, 0.1) is 17.2 Å². The smallest absolute Gasteiger partial charge is 0.269 e.